The zero-order valence-corrected chi connectivity index (χ0v) is 24.2. The van der Waals surface area contributed by atoms with Crippen molar-refractivity contribution in [2.45, 2.75) is 69.7 Å². The molecule has 4 aromatic heterocycles. The standard InChI is InChI=1S/C33H37N7O2/c1-20-31(38(2)37-36-20)23-16-28-30(34-19-23)27-10-11-29(39-24-8-9-25(39)18-26(41)17-24)35-33(27)40(28)32(21-6-4-3-5-7-21)22-12-14-42-15-13-22/h3-7,10-11,16,19,22,24-26,32,41H,8-9,12-15,17-18H2,1-2H3/t24?,25?,26?,32-/m1/s1. The number of pyridine rings is 2. The summed E-state index contributed by atoms with van der Waals surface area (Å²) in [6, 6.07) is 18.3. The van der Waals surface area contributed by atoms with Gasteiger partial charge < -0.3 is 19.3 Å². The molecule has 2 unspecified atom stereocenters. The van der Waals surface area contributed by atoms with E-state index in [0.717, 1.165) is 96.6 Å². The summed E-state index contributed by atoms with van der Waals surface area (Å²) in [6.45, 7) is 3.54. The molecule has 0 saturated carbocycles. The van der Waals surface area contributed by atoms with Gasteiger partial charge in [-0.2, -0.15) is 0 Å². The fraction of sp³-hybridized carbons (Fsp3) is 0.455. The zero-order valence-electron chi connectivity index (χ0n) is 24.2. The van der Waals surface area contributed by atoms with Crippen molar-refractivity contribution in [1.29, 1.82) is 0 Å². The highest BCUT2D eigenvalue weighted by molar-refractivity contribution is 6.05. The summed E-state index contributed by atoms with van der Waals surface area (Å²) < 4.78 is 10.1. The molecule has 1 aromatic carbocycles. The fourth-order valence-corrected chi connectivity index (χ4v) is 8.01. The number of hydrogen-bond donors (Lipinski definition) is 1. The molecule has 0 aliphatic carbocycles. The van der Waals surface area contributed by atoms with Crippen LogP contribution in [0.1, 0.15) is 55.8 Å². The summed E-state index contributed by atoms with van der Waals surface area (Å²) >= 11 is 0. The third kappa shape index (κ3) is 4.13. The minimum absolute atomic E-state index is 0.0839. The van der Waals surface area contributed by atoms with E-state index in [-0.39, 0.29) is 12.1 Å². The van der Waals surface area contributed by atoms with Crippen LogP contribution in [-0.2, 0) is 11.8 Å². The molecule has 3 aliphatic heterocycles. The van der Waals surface area contributed by atoms with Crippen LogP contribution in [0.5, 0.6) is 0 Å². The molecule has 3 atom stereocenters. The lowest BCUT2D eigenvalue weighted by atomic mass is 9.86. The van der Waals surface area contributed by atoms with Crippen molar-refractivity contribution in [1.82, 2.24) is 29.5 Å². The average Bonchev–Trinajstić information content (AvgIpc) is 3.62. The Balaban J connectivity index is 1.39. The number of piperidine rings is 1. The van der Waals surface area contributed by atoms with Gasteiger partial charge in [0, 0.05) is 49.5 Å². The van der Waals surface area contributed by atoms with Crippen molar-refractivity contribution >= 4 is 27.9 Å². The second-order valence-electron chi connectivity index (χ2n) is 12.4. The highest BCUT2D eigenvalue weighted by atomic mass is 16.5. The van der Waals surface area contributed by atoms with Crippen molar-refractivity contribution in [3.8, 4) is 11.3 Å². The normalized spacial score (nSPS) is 23.7. The van der Waals surface area contributed by atoms with E-state index in [0.29, 0.717) is 18.0 Å². The SMILES string of the molecule is Cc1nnn(C)c1-c1cnc2c3ccc(N4C5CCC4CC(O)C5)nc3n([C@H](c3ccccc3)C3CCOCC3)c2c1. The van der Waals surface area contributed by atoms with Gasteiger partial charge in [0.25, 0.3) is 0 Å². The molecule has 7 heterocycles. The van der Waals surface area contributed by atoms with Crippen LogP contribution in [0.25, 0.3) is 33.3 Å². The van der Waals surface area contributed by atoms with Crippen molar-refractivity contribution < 1.29 is 9.84 Å². The van der Waals surface area contributed by atoms with Crippen LogP contribution in [0.3, 0.4) is 0 Å². The average molecular weight is 564 g/mol. The van der Waals surface area contributed by atoms with Crippen LogP contribution < -0.4 is 4.90 Å². The Bertz CT molecular complexity index is 1720. The summed E-state index contributed by atoms with van der Waals surface area (Å²) in [5, 5.41) is 20.1. The number of aliphatic hydroxyl groups is 1. The molecule has 0 amide bonds. The van der Waals surface area contributed by atoms with E-state index in [1.807, 2.05) is 24.9 Å². The molecule has 216 valence electrons. The van der Waals surface area contributed by atoms with E-state index in [4.69, 9.17) is 14.7 Å². The number of benzene rings is 1. The summed E-state index contributed by atoms with van der Waals surface area (Å²) in [6.07, 6.45) is 7.58. The van der Waals surface area contributed by atoms with Gasteiger partial charge in [0.2, 0.25) is 0 Å². The minimum Gasteiger partial charge on any atom is -0.393 e. The molecule has 0 spiro atoms. The third-order valence-electron chi connectivity index (χ3n) is 9.84. The first kappa shape index (κ1) is 25.9. The summed E-state index contributed by atoms with van der Waals surface area (Å²) in [4.78, 5) is 13.0. The molecule has 9 nitrogen and oxygen atoms in total. The fourth-order valence-electron chi connectivity index (χ4n) is 8.01. The van der Waals surface area contributed by atoms with E-state index >= 15 is 0 Å². The van der Waals surface area contributed by atoms with Crippen molar-refractivity contribution in [2.24, 2.45) is 13.0 Å². The Morgan fingerprint density at radius 3 is 2.45 bits per heavy atom. The lowest BCUT2D eigenvalue weighted by Gasteiger charge is -2.38. The monoisotopic (exact) mass is 563 g/mol. The van der Waals surface area contributed by atoms with Gasteiger partial charge in [-0.15, -0.1) is 5.10 Å². The Labute approximate surface area is 245 Å². The predicted molar refractivity (Wildman–Crippen MR) is 162 cm³/mol. The Hall–Kier alpha value is -3.82. The van der Waals surface area contributed by atoms with Crippen LogP contribution in [0.4, 0.5) is 5.82 Å². The van der Waals surface area contributed by atoms with E-state index in [1.54, 1.807) is 0 Å². The van der Waals surface area contributed by atoms with E-state index < -0.39 is 0 Å². The van der Waals surface area contributed by atoms with Crippen LogP contribution in [-0.4, -0.2) is 66.0 Å². The zero-order chi connectivity index (χ0) is 28.4. The first-order chi connectivity index (χ1) is 20.6. The van der Waals surface area contributed by atoms with Gasteiger partial charge in [-0.3, -0.25) is 4.98 Å². The number of rotatable bonds is 5. The van der Waals surface area contributed by atoms with Gasteiger partial charge in [0.05, 0.1) is 34.6 Å². The van der Waals surface area contributed by atoms with E-state index in [1.165, 1.54) is 5.56 Å². The molecule has 2 bridgehead atoms. The lowest BCUT2D eigenvalue weighted by Crippen LogP contribution is -2.45. The van der Waals surface area contributed by atoms with E-state index in [9.17, 15) is 5.11 Å². The number of aromatic nitrogens is 6. The summed E-state index contributed by atoms with van der Waals surface area (Å²) in [5.74, 6) is 1.41. The molecule has 3 fully saturated rings. The number of hydrogen-bond acceptors (Lipinski definition) is 7. The molecular formula is C33H37N7O2. The maximum Gasteiger partial charge on any atom is 0.145 e. The van der Waals surface area contributed by atoms with Crippen molar-refractivity contribution in [3.63, 3.8) is 0 Å². The first-order valence-corrected chi connectivity index (χ1v) is 15.3. The van der Waals surface area contributed by atoms with Crippen LogP contribution in [0.15, 0.2) is 54.7 Å². The topological polar surface area (TPSA) is 94.1 Å². The maximum atomic E-state index is 10.5. The molecule has 0 radical (unpaired) electrons. The molecule has 9 heteroatoms. The second-order valence-corrected chi connectivity index (χ2v) is 12.4. The Kier molecular flexibility index (Phi) is 6.26. The number of nitrogens with zero attached hydrogens (tertiary/aromatic N) is 7. The first-order valence-electron chi connectivity index (χ1n) is 15.3. The highest BCUT2D eigenvalue weighted by Gasteiger charge is 2.41. The van der Waals surface area contributed by atoms with Gasteiger partial charge in [0.15, 0.2) is 0 Å². The number of aliphatic hydroxyl groups excluding tert-OH is 1. The molecule has 42 heavy (non-hydrogen) atoms. The van der Waals surface area contributed by atoms with Gasteiger partial charge in [-0.25, -0.2) is 9.67 Å². The lowest BCUT2D eigenvalue weighted by molar-refractivity contribution is 0.0552. The summed E-state index contributed by atoms with van der Waals surface area (Å²) in [7, 11) is 1.93. The smallest absolute Gasteiger partial charge is 0.145 e. The Morgan fingerprint density at radius 2 is 1.74 bits per heavy atom. The van der Waals surface area contributed by atoms with Crippen LogP contribution in [0.2, 0.25) is 0 Å². The van der Waals surface area contributed by atoms with Crippen molar-refractivity contribution in [2.75, 3.05) is 18.1 Å². The maximum absolute atomic E-state index is 10.5. The highest BCUT2D eigenvalue weighted by Crippen LogP contribution is 2.43. The number of fused-ring (bicyclic) bond motifs is 5. The predicted octanol–water partition coefficient (Wildman–Crippen LogP) is 5.20. The van der Waals surface area contributed by atoms with E-state index in [2.05, 4.69) is 68.3 Å². The summed E-state index contributed by atoms with van der Waals surface area (Å²) in [5.41, 5.74) is 7.14. The molecule has 3 saturated heterocycles. The molecular weight excluding hydrogens is 526 g/mol. The molecule has 1 N–H and O–H groups in total. The number of anilines is 1. The third-order valence-corrected chi connectivity index (χ3v) is 9.84. The van der Waals surface area contributed by atoms with Crippen molar-refractivity contribution in [3.05, 3.63) is 66.0 Å². The Morgan fingerprint density at radius 1 is 0.976 bits per heavy atom. The largest absolute Gasteiger partial charge is 0.393 e. The second kappa shape index (κ2) is 10.2. The molecule has 3 aliphatic rings. The van der Waals surface area contributed by atoms with Gasteiger partial charge >= 0.3 is 0 Å². The quantitative estimate of drug-likeness (QED) is 0.314. The number of ether oxygens (including phenoxy) is 1. The van der Waals surface area contributed by atoms with Crippen LogP contribution >= 0.6 is 0 Å². The molecule has 8 rings (SSSR count). The van der Waals surface area contributed by atoms with Gasteiger partial charge in [-0.1, -0.05) is 35.5 Å². The van der Waals surface area contributed by atoms with Gasteiger partial charge in [0.1, 0.15) is 11.5 Å². The minimum atomic E-state index is -0.211. The van der Waals surface area contributed by atoms with Gasteiger partial charge in [-0.05, 0) is 75.1 Å². The molecule has 5 aromatic rings. The van der Waals surface area contributed by atoms with Crippen LogP contribution in [0, 0.1) is 12.8 Å². The number of aryl methyl sites for hydroxylation is 2.